The largest absolute Gasteiger partial charge is 0.327 e. The van der Waals surface area contributed by atoms with E-state index >= 15 is 0 Å². The highest BCUT2D eigenvalue weighted by Gasteiger charge is 2.30. The first-order valence-electron chi connectivity index (χ1n) is 6.63. The Labute approximate surface area is 109 Å². The van der Waals surface area contributed by atoms with E-state index in [0.717, 1.165) is 11.4 Å². The van der Waals surface area contributed by atoms with E-state index in [0.29, 0.717) is 17.4 Å². The van der Waals surface area contributed by atoms with E-state index in [1.165, 1.54) is 31.4 Å². The van der Waals surface area contributed by atoms with Gasteiger partial charge < -0.3 is 5.73 Å². The SMILES string of the molecule is Cc1nc(CC(N)C2CCC(C)(C)CC2)cs1. The summed E-state index contributed by atoms with van der Waals surface area (Å²) in [5.74, 6) is 0.699. The molecule has 1 aliphatic rings. The molecule has 17 heavy (non-hydrogen) atoms. The van der Waals surface area contributed by atoms with Gasteiger partial charge in [-0.15, -0.1) is 11.3 Å². The lowest BCUT2D eigenvalue weighted by molar-refractivity contribution is 0.172. The lowest BCUT2D eigenvalue weighted by atomic mass is 9.71. The molecule has 1 aromatic rings. The molecule has 1 aromatic heterocycles. The minimum absolute atomic E-state index is 0.299. The van der Waals surface area contributed by atoms with Crippen LogP contribution in [0.4, 0.5) is 0 Å². The fourth-order valence-electron chi connectivity index (χ4n) is 2.76. The van der Waals surface area contributed by atoms with Crippen molar-refractivity contribution in [3.8, 4) is 0 Å². The van der Waals surface area contributed by atoms with Gasteiger partial charge in [0.1, 0.15) is 0 Å². The lowest BCUT2D eigenvalue weighted by Crippen LogP contribution is -2.36. The summed E-state index contributed by atoms with van der Waals surface area (Å²) >= 11 is 1.73. The molecule has 0 amide bonds. The summed E-state index contributed by atoms with van der Waals surface area (Å²) in [6, 6.07) is 0.299. The highest BCUT2D eigenvalue weighted by Crippen LogP contribution is 2.39. The molecule has 3 heteroatoms. The molecule has 0 spiro atoms. The predicted molar refractivity (Wildman–Crippen MR) is 74.3 cm³/mol. The van der Waals surface area contributed by atoms with Gasteiger partial charge in [0.25, 0.3) is 0 Å². The Kier molecular flexibility index (Phi) is 3.88. The van der Waals surface area contributed by atoms with Crippen LogP contribution in [0.5, 0.6) is 0 Å². The van der Waals surface area contributed by atoms with Crippen LogP contribution in [-0.4, -0.2) is 11.0 Å². The molecular weight excluding hydrogens is 228 g/mol. The summed E-state index contributed by atoms with van der Waals surface area (Å²) in [5, 5.41) is 3.30. The fourth-order valence-corrected chi connectivity index (χ4v) is 3.39. The Morgan fingerprint density at radius 1 is 1.47 bits per heavy atom. The van der Waals surface area contributed by atoms with Crippen molar-refractivity contribution in [2.24, 2.45) is 17.1 Å². The number of aromatic nitrogens is 1. The zero-order valence-electron chi connectivity index (χ0n) is 11.2. The standard InChI is InChI=1S/C14H24N2S/c1-10-16-12(9-17-10)8-13(15)11-4-6-14(2,3)7-5-11/h9,11,13H,4-8,15H2,1-3H3. The number of hydrogen-bond donors (Lipinski definition) is 1. The molecule has 1 saturated carbocycles. The maximum atomic E-state index is 6.34. The van der Waals surface area contributed by atoms with Gasteiger partial charge in [-0.3, -0.25) is 0 Å². The molecule has 1 atom stereocenters. The van der Waals surface area contributed by atoms with E-state index in [2.05, 4.69) is 31.1 Å². The van der Waals surface area contributed by atoms with Gasteiger partial charge in [-0.2, -0.15) is 0 Å². The maximum absolute atomic E-state index is 6.34. The van der Waals surface area contributed by atoms with Crippen molar-refractivity contribution in [3.05, 3.63) is 16.1 Å². The number of rotatable bonds is 3. The summed E-state index contributed by atoms with van der Waals surface area (Å²) < 4.78 is 0. The summed E-state index contributed by atoms with van der Waals surface area (Å²) in [7, 11) is 0. The molecule has 0 radical (unpaired) electrons. The van der Waals surface area contributed by atoms with Crippen LogP contribution < -0.4 is 5.73 Å². The highest BCUT2D eigenvalue weighted by molar-refractivity contribution is 7.09. The number of aryl methyl sites for hydroxylation is 1. The Hall–Kier alpha value is -0.410. The van der Waals surface area contributed by atoms with E-state index < -0.39 is 0 Å². The monoisotopic (exact) mass is 252 g/mol. The van der Waals surface area contributed by atoms with E-state index in [1.54, 1.807) is 11.3 Å². The molecule has 0 saturated heterocycles. The molecule has 0 bridgehead atoms. The van der Waals surface area contributed by atoms with Crippen molar-refractivity contribution in [1.82, 2.24) is 4.98 Å². The number of hydrogen-bond acceptors (Lipinski definition) is 3. The molecule has 1 aliphatic carbocycles. The van der Waals surface area contributed by atoms with E-state index in [4.69, 9.17) is 5.73 Å². The Morgan fingerprint density at radius 2 is 2.12 bits per heavy atom. The first-order valence-corrected chi connectivity index (χ1v) is 7.51. The Bertz CT molecular complexity index is 360. The fraction of sp³-hybridized carbons (Fsp3) is 0.786. The third kappa shape index (κ3) is 3.52. The van der Waals surface area contributed by atoms with Crippen LogP contribution in [0.2, 0.25) is 0 Å². The normalized spacial score (nSPS) is 22.6. The molecule has 2 rings (SSSR count). The molecule has 1 fully saturated rings. The molecule has 2 N–H and O–H groups in total. The second kappa shape index (κ2) is 5.07. The van der Waals surface area contributed by atoms with Crippen LogP contribution in [0, 0.1) is 18.3 Å². The zero-order valence-corrected chi connectivity index (χ0v) is 12.0. The lowest BCUT2D eigenvalue weighted by Gasteiger charge is -2.36. The average Bonchev–Trinajstić information content (AvgIpc) is 2.63. The van der Waals surface area contributed by atoms with Gasteiger partial charge in [0, 0.05) is 17.8 Å². The van der Waals surface area contributed by atoms with Gasteiger partial charge in [0.2, 0.25) is 0 Å². The smallest absolute Gasteiger partial charge is 0.0897 e. The van der Waals surface area contributed by atoms with Gasteiger partial charge in [-0.1, -0.05) is 13.8 Å². The Balaban J connectivity index is 1.87. The van der Waals surface area contributed by atoms with Crippen LogP contribution in [0.3, 0.4) is 0 Å². The molecule has 2 nitrogen and oxygen atoms in total. The second-order valence-corrected chi connectivity index (χ2v) is 7.29. The zero-order chi connectivity index (χ0) is 12.5. The van der Waals surface area contributed by atoms with Crippen molar-refractivity contribution in [2.45, 2.75) is 58.9 Å². The first kappa shape index (κ1) is 13.0. The van der Waals surface area contributed by atoms with Crippen molar-refractivity contribution < 1.29 is 0 Å². The van der Waals surface area contributed by atoms with Gasteiger partial charge in [0.05, 0.1) is 10.7 Å². The third-order valence-electron chi connectivity index (χ3n) is 4.10. The Morgan fingerprint density at radius 3 is 2.65 bits per heavy atom. The number of nitrogens with zero attached hydrogens (tertiary/aromatic N) is 1. The van der Waals surface area contributed by atoms with Crippen LogP contribution in [0.1, 0.15) is 50.2 Å². The van der Waals surface area contributed by atoms with E-state index in [9.17, 15) is 0 Å². The summed E-state index contributed by atoms with van der Waals surface area (Å²) in [4.78, 5) is 4.51. The predicted octanol–water partition coefficient (Wildman–Crippen LogP) is 3.54. The van der Waals surface area contributed by atoms with Gasteiger partial charge in [-0.25, -0.2) is 4.98 Å². The van der Waals surface area contributed by atoms with E-state index in [1.807, 2.05) is 0 Å². The summed E-state index contributed by atoms with van der Waals surface area (Å²) in [5.41, 5.74) is 8.06. The molecule has 1 heterocycles. The van der Waals surface area contributed by atoms with Crippen LogP contribution in [0.25, 0.3) is 0 Å². The topological polar surface area (TPSA) is 38.9 Å². The second-order valence-electron chi connectivity index (χ2n) is 6.23. The average molecular weight is 252 g/mol. The first-order chi connectivity index (χ1) is 7.96. The van der Waals surface area contributed by atoms with Crippen LogP contribution in [-0.2, 0) is 6.42 Å². The van der Waals surface area contributed by atoms with Crippen LogP contribution in [0.15, 0.2) is 5.38 Å². The number of nitrogens with two attached hydrogens (primary N) is 1. The maximum Gasteiger partial charge on any atom is 0.0897 e. The van der Waals surface area contributed by atoms with Crippen molar-refractivity contribution in [3.63, 3.8) is 0 Å². The summed E-state index contributed by atoms with van der Waals surface area (Å²) in [6.07, 6.45) is 6.17. The molecule has 0 aromatic carbocycles. The summed E-state index contributed by atoms with van der Waals surface area (Å²) in [6.45, 7) is 6.81. The molecule has 96 valence electrons. The molecule has 0 aliphatic heterocycles. The van der Waals surface area contributed by atoms with Gasteiger partial charge >= 0.3 is 0 Å². The molecule has 1 unspecified atom stereocenters. The minimum atomic E-state index is 0.299. The highest BCUT2D eigenvalue weighted by atomic mass is 32.1. The minimum Gasteiger partial charge on any atom is -0.327 e. The quantitative estimate of drug-likeness (QED) is 0.893. The van der Waals surface area contributed by atoms with Crippen molar-refractivity contribution in [1.29, 1.82) is 0 Å². The van der Waals surface area contributed by atoms with Crippen LogP contribution >= 0.6 is 11.3 Å². The van der Waals surface area contributed by atoms with Gasteiger partial charge in [0.15, 0.2) is 0 Å². The van der Waals surface area contributed by atoms with Crippen molar-refractivity contribution in [2.75, 3.05) is 0 Å². The van der Waals surface area contributed by atoms with Gasteiger partial charge in [-0.05, 0) is 43.9 Å². The third-order valence-corrected chi connectivity index (χ3v) is 4.92. The van der Waals surface area contributed by atoms with E-state index in [-0.39, 0.29) is 0 Å². The van der Waals surface area contributed by atoms with Crippen molar-refractivity contribution >= 4 is 11.3 Å². The number of thiazole rings is 1. The molecular formula is C14H24N2S.